The van der Waals surface area contributed by atoms with Crippen molar-refractivity contribution in [2.24, 2.45) is 5.41 Å². The van der Waals surface area contributed by atoms with Gasteiger partial charge in [0.25, 0.3) is 0 Å². The Hall–Kier alpha value is -3.48. The fraction of sp³-hybridized carbons (Fsp3) is 0.238. The Morgan fingerprint density at radius 3 is 2.57 bits per heavy atom. The predicted octanol–water partition coefficient (Wildman–Crippen LogP) is 4.08. The number of carbonyl (C=O) groups is 1. The van der Waals surface area contributed by atoms with E-state index in [0.717, 1.165) is 0 Å². The van der Waals surface area contributed by atoms with Crippen LogP contribution in [0.2, 0.25) is 0 Å². The summed E-state index contributed by atoms with van der Waals surface area (Å²) in [7, 11) is 1.54. The van der Waals surface area contributed by atoms with Crippen molar-refractivity contribution >= 4 is 16.9 Å². The minimum atomic E-state index is -1.04. The molecule has 0 aliphatic heterocycles. The Bertz CT molecular complexity index is 1070. The average molecular weight is 384 g/mol. The summed E-state index contributed by atoms with van der Waals surface area (Å²) >= 11 is 0. The first-order valence-corrected chi connectivity index (χ1v) is 8.54. The highest BCUT2D eigenvalue weighted by atomic mass is 16.5. The van der Waals surface area contributed by atoms with Gasteiger partial charge in [0.1, 0.15) is 35.7 Å². The van der Waals surface area contributed by atoms with Gasteiger partial charge in [-0.2, -0.15) is 0 Å². The molecule has 0 fully saturated rings. The number of aliphatic carboxylic acids is 1. The summed E-state index contributed by atoms with van der Waals surface area (Å²) in [5, 5.41) is 9.47. The van der Waals surface area contributed by atoms with Crippen LogP contribution >= 0.6 is 0 Å². The van der Waals surface area contributed by atoms with Crippen LogP contribution in [-0.4, -0.2) is 24.8 Å². The number of ether oxygens (including phenoxy) is 3. The van der Waals surface area contributed by atoms with Gasteiger partial charge in [0.2, 0.25) is 11.2 Å². The molecule has 7 nitrogen and oxygen atoms in total. The first-order chi connectivity index (χ1) is 13.3. The van der Waals surface area contributed by atoms with Gasteiger partial charge in [-0.3, -0.25) is 9.59 Å². The second-order valence-electron chi connectivity index (χ2n) is 6.85. The van der Waals surface area contributed by atoms with E-state index in [1.54, 1.807) is 63.4 Å². The van der Waals surface area contributed by atoms with Crippen LogP contribution < -0.4 is 19.6 Å². The molecule has 0 spiro atoms. The molecule has 0 aliphatic rings. The first kappa shape index (κ1) is 19.3. The van der Waals surface area contributed by atoms with Crippen LogP contribution in [0.3, 0.4) is 0 Å². The third-order valence-corrected chi connectivity index (χ3v) is 4.16. The third-order valence-electron chi connectivity index (χ3n) is 4.16. The van der Waals surface area contributed by atoms with Crippen LogP contribution in [0.15, 0.2) is 57.9 Å². The van der Waals surface area contributed by atoms with Crippen LogP contribution in [-0.2, 0) is 4.79 Å². The predicted molar refractivity (Wildman–Crippen MR) is 102 cm³/mol. The van der Waals surface area contributed by atoms with E-state index in [9.17, 15) is 9.59 Å². The summed E-state index contributed by atoms with van der Waals surface area (Å²) in [6.45, 7) is 3.12. The maximum atomic E-state index is 12.7. The first-order valence-electron chi connectivity index (χ1n) is 8.54. The molecule has 0 bridgehead atoms. The second kappa shape index (κ2) is 7.64. The average Bonchev–Trinajstić information content (AvgIpc) is 2.68. The van der Waals surface area contributed by atoms with E-state index in [1.807, 2.05) is 0 Å². The van der Waals surface area contributed by atoms with Gasteiger partial charge in [-0.25, -0.2) is 0 Å². The number of carboxylic acid groups (broad SMARTS) is 1. The standard InChI is InChI=1S/C21H20O7/c1-21(2,20(23)24)12-27-14-7-8-16-17(10-14)26-11-18(19(16)22)28-15-6-4-5-13(9-15)25-3/h4-11H,12H2,1-3H3,(H,23,24). The molecule has 0 unspecified atom stereocenters. The quantitative estimate of drug-likeness (QED) is 0.656. The maximum Gasteiger partial charge on any atom is 0.312 e. The second-order valence-corrected chi connectivity index (χ2v) is 6.85. The van der Waals surface area contributed by atoms with E-state index in [1.165, 1.54) is 6.26 Å². The molecule has 0 aliphatic carbocycles. The summed E-state index contributed by atoms with van der Waals surface area (Å²) in [6, 6.07) is 11.6. The van der Waals surface area contributed by atoms with Crippen molar-refractivity contribution in [2.75, 3.05) is 13.7 Å². The lowest BCUT2D eigenvalue weighted by Crippen LogP contribution is -2.30. The van der Waals surface area contributed by atoms with Crippen molar-refractivity contribution in [2.45, 2.75) is 13.8 Å². The Morgan fingerprint density at radius 1 is 1.11 bits per heavy atom. The lowest BCUT2D eigenvalue weighted by atomic mass is 9.95. The molecule has 3 aromatic rings. The minimum absolute atomic E-state index is 0.0187. The lowest BCUT2D eigenvalue weighted by Gasteiger charge is -2.19. The fourth-order valence-electron chi connectivity index (χ4n) is 2.37. The summed E-state index contributed by atoms with van der Waals surface area (Å²) in [5.74, 6) is 0.544. The maximum absolute atomic E-state index is 12.7. The number of rotatable bonds is 7. The number of hydrogen-bond donors (Lipinski definition) is 1. The van der Waals surface area contributed by atoms with Gasteiger partial charge in [-0.05, 0) is 38.1 Å². The molecule has 146 valence electrons. The van der Waals surface area contributed by atoms with E-state index in [0.29, 0.717) is 28.2 Å². The highest BCUT2D eigenvalue weighted by molar-refractivity contribution is 5.79. The Kier molecular flexibility index (Phi) is 5.26. The molecule has 7 heteroatoms. The number of hydrogen-bond acceptors (Lipinski definition) is 6. The summed E-state index contributed by atoms with van der Waals surface area (Å²) in [5.41, 5.74) is -1.06. The molecule has 0 saturated heterocycles. The van der Waals surface area contributed by atoms with Crippen molar-refractivity contribution in [3.63, 3.8) is 0 Å². The molecule has 0 saturated carbocycles. The number of fused-ring (bicyclic) bond motifs is 1. The summed E-state index contributed by atoms with van der Waals surface area (Å²) in [6.07, 6.45) is 1.23. The number of methoxy groups -OCH3 is 1. The van der Waals surface area contributed by atoms with Crippen LogP contribution in [0.25, 0.3) is 11.0 Å². The van der Waals surface area contributed by atoms with E-state index in [2.05, 4.69) is 0 Å². The molecule has 3 rings (SSSR count). The van der Waals surface area contributed by atoms with Crippen molar-refractivity contribution in [1.29, 1.82) is 0 Å². The highest BCUT2D eigenvalue weighted by Gasteiger charge is 2.28. The third kappa shape index (κ3) is 4.09. The van der Waals surface area contributed by atoms with E-state index >= 15 is 0 Å². The van der Waals surface area contributed by atoms with E-state index < -0.39 is 11.4 Å². The topological polar surface area (TPSA) is 95.2 Å². The van der Waals surface area contributed by atoms with Crippen LogP contribution in [0, 0.1) is 5.41 Å². The zero-order valence-corrected chi connectivity index (χ0v) is 15.7. The molecule has 1 heterocycles. The van der Waals surface area contributed by atoms with Crippen LogP contribution in [0.5, 0.6) is 23.0 Å². The molecule has 28 heavy (non-hydrogen) atoms. The van der Waals surface area contributed by atoms with Crippen LogP contribution in [0.4, 0.5) is 0 Å². The lowest BCUT2D eigenvalue weighted by molar-refractivity contribution is -0.148. The van der Waals surface area contributed by atoms with Crippen molar-refractivity contribution in [1.82, 2.24) is 0 Å². The zero-order valence-electron chi connectivity index (χ0n) is 15.7. The minimum Gasteiger partial charge on any atom is -0.497 e. The van der Waals surface area contributed by atoms with Gasteiger partial charge in [-0.15, -0.1) is 0 Å². The largest absolute Gasteiger partial charge is 0.497 e. The molecule has 2 aromatic carbocycles. The SMILES string of the molecule is COc1cccc(Oc2coc3cc(OCC(C)(C)C(=O)O)ccc3c2=O)c1. The Labute approximate surface area is 161 Å². The van der Waals surface area contributed by atoms with E-state index in [4.69, 9.17) is 23.7 Å². The summed E-state index contributed by atoms with van der Waals surface area (Å²) < 4.78 is 21.8. The summed E-state index contributed by atoms with van der Waals surface area (Å²) in [4.78, 5) is 23.8. The van der Waals surface area contributed by atoms with Crippen molar-refractivity contribution < 1.29 is 28.5 Å². The molecule has 0 atom stereocenters. The van der Waals surface area contributed by atoms with Crippen molar-refractivity contribution in [3.05, 3.63) is 59.0 Å². The van der Waals surface area contributed by atoms with Gasteiger partial charge in [0, 0.05) is 12.1 Å². The van der Waals surface area contributed by atoms with Gasteiger partial charge in [0.05, 0.1) is 17.9 Å². The molecular formula is C21H20O7. The highest BCUT2D eigenvalue weighted by Crippen LogP contribution is 2.27. The fourth-order valence-corrected chi connectivity index (χ4v) is 2.37. The molecule has 0 radical (unpaired) electrons. The number of carboxylic acids is 1. The Balaban J connectivity index is 1.84. The van der Waals surface area contributed by atoms with Gasteiger partial charge in [-0.1, -0.05) is 6.07 Å². The molecule has 0 amide bonds. The normalized spacial score (nSPS) is 11.2. The zero-order chi connectivity index (χ0) is 20.3. The van der Waals surface area contributed by atoms with E-state index in [-0.39, 0.29) is 17.8 Å². The van der Waals surface area contributed by atoms with Gasteiger partial charge >= 0.3 is 5.97 Å². The van der Waals surface area contributed by atoms with Gasteiger partial charge in [0.15, 0.2) is 0 Å². The smallest absolute Gasteiger partial charge is 0.312 e. The van der Waals surface area contributed by atoms with Gasteiger partial charge < -0.3 is 23.7 Å². The molecular weight excluding hydrogens is 364 g/mol. The van der Waals surface area contributed by atoms with Crippen molar-refractivity contribution in [3.8, 4) is 23.0 Å². The monoisotopic (exact) mass is 384 g/mol. The van der Waals surface area contributed by atoms with Crippen LogP contribution in [0.1, 0.15) is 13.8 Å². The molecule has 1 N–H and O–H groups in total. The number of benzene rings is 2. The molecule has 1 aromatic heterocycles. The Morgan fingerprint density at radius 2 is 1.86 bits per heavy atom.